The number of nitrogens with one attached hydrogen (secondary N) is 1. The molecule has 0 aromatic carbocycles. The molecule has 4 heteroatoms. The SMILES string of the molecule is CN1C(=O)C2=CNCC2C1=O. The van der Waals surface area contributed by atoms with Crippen molar-refractivity contribution in [3.63, 3.8) is 0 Å². The van der Waals surface area contributed by atoms with Crippen molar-refractivity contribution < 1.29 is 9.59 Å². The molecule has 0 aliphatic carbocycles. The molecular weight excluding hydrogens is 144 g/mol. The molecule has 0 bridgehead atoms. The molecule has 11 heavy (non-hydrogen) atoms. The number of likely N-dealkylation sites (N-methyl/N-ethyl adjacent to an activating group) is 1. The smallest absolute Gasteiger partial charge is 0.258 e. The third-order valence-electron chi connectivity index (χ3n) is 2.14. The van der Waals surface area contributed by atoms with Crippen molar-refractivity contribution in [3.8, 4) is 0 Å². The molecule has 1 atom stereocenters. The number of likely N-dealkylation sites (tertiary alicyclic amines) is 1. The van der Waals surface area contributed by atoms with E-state index in [2.05, 4.69) is 5.32 Å². The number of hydrogen-bond acceptors (Lipinski definition) is 3. The minimum Gasteiger partial charge on any atom is -0.389 e. The monoisotopic (exact) mass is 152 g/mol. The maximum absolute atomic E-state index is 11.2. The van der Waals surface area contributed by atoms with Crippen LogP contribution in [0, 0.1) is 5.92 Å². The standard InChI is InChI=1S/C7H8N2O2/c1-9-6(10)4-2-8-3-5(4)7(9)11/h2,5,8H,3H2,1H3. The lowest BCUT2D eigenvalue weighted by Crippen LogP contribution is -2.28. The minimum absolute atomic E-state index is 0.0914. The number of hydrogen-bond donors (Lipinski definition) is 1. The Morgan fingerprint density at radius 3 is 3.00 bits per heavy atom. The van der Waals surface area contributed by atoms with Crippen LogP contribution < -0.4 is 5.32 Å². The van der Waals surface area contributed by atoms with E-state index in [-0.39, 0.29) is 17.7 Å². The first-order chi connectivity index (χ1) is 5.22. The maximum Gasteiger partial charge on any atom is 0.258 e. The fourth-order valence-electron chi connectivity index (χ4n) is 1.46. The summed E-state index contributed by atoms with van der Waals surface area (Å²) in [6.45, 7) is 0.574. The molecule has 1 saturated heterocycles. The second kappa shape index (κ2) is 1.84. The second-order valence-corrected chi connectivity index (χ2v) is 2.76. The Kier molecular flexibility index (Phi) is 1.07. The quantitative estimate of drug-likeness (QED) is 0.457. The van der Waals surface area contributed by atoms with E-state index in [1.54, 1.807) is 6.20 Å². The van der Waals surface area contributed by atoms with Crippen molar-refractivity contribution in [1.82, 2.24) is 10.2 Å². The molecule has 2 rings (SSSR count). The van der Waals surface area contributed by atoms with Crippen molar-refractivity contribution in [3.05, 3.63) is 11.8 Å². The summed E-state index contributed by atoms with van der Waals surface area (Å²) in [5.74, 6) is -0.469. The van der Waals surface area contributed by atoms with Crippen LogP contribution in [0.2, 0.25) is 0 Å². The molecule has 0 aromatic rings. The van der Waals surface area contributed by atoms with Gasteiger partial charge >= 0.3 is 0 Å². The summed E-state index contributed by atoms with van der Waals surface area (Å²) < 4.78 is 0. The van der Waals surface area contributed by atoms with Gasteiger partial charge in [0.25, 0.3) is 5.91 Å². The molecule has 0 radical (unpaired) electrons. The van der Waals surface area contributed by atoms with Gasteiger partial charge in [-0.25, -0.2) is 0 Å². The van der Waals surface area contributed by atoms with Gasteiger partial charge < -0.3 is 5.32 Å². The highest BCUT2D eigenvalue weighted by atomic mass is 16.2. The van der Waals surface area contributed by atoms with E-state index in [1.165, 1.54) is 11.9 Å². The zero-order chi connectivity index (χ0) is 8.01. The van der Waals surface area contributed by atoms with Crippen LogP contribution in [0.1, 0.15) is 0 Å². The molecule has 0 saturated carbocycles. The Morgan fingerprint density at radius 2 is 2.36 bits per heavy atom. The number of nitrogens with zero attached hydrogens (tertiary/aromatic N) is 1. The third kappa shape index (κ3) is 0.636. The van der Waals surface area contributed by atoms with Gasteiger partial charge in [-0.1, -0.05) is 0 Å². The summed E-state index contributed by atoms with van der Waals surface area (Å²) >= 11 is 0. The summed E-state index contributed by atoms with van der Waals surface area (Å²) in [6.07, 6.45) is 1.63. The molecule has 1 unspecified atom stereocenters. The fourth-order valence-corrected chi connectivity index (χ4v) is 1.46. The first kappa shape index (κ1) is 6.39. The summed E-state index contributed by atoms with van der Waals surface area (Å²) in [4.78, 5) is 23.6. The largest absolute Gasteiger partial charge is 0.389 e. The number of rotatable bonds is 0. The van der Waals surface area contributed by atoms with E-state index in [4.69, 9.17) is 0 Å². The predicted molar refractivity (Wildman–Crippen MR) is 37.4 cm³/mol. The van der Waals surface area contributed by atoms with Gasteiger partial charge in [-0.15, -0.1) is 0 Å². The first-order valence-corrected chi connectivity index (χ1v) is 3.47. The summed E-state index contributed by atoms with van der Waals surface area (Å²) in [7, 11) is 1.52. The summed E-state index contributed by atoms with van der Waals surface area (Å²) in [6, 6.07) is 0. The zero-order valence-electron chi connectivity index (χ0n) is 6.13. The Balaban J connectivity index is 2.43. The van der Waals surface area contributed by atoms with Crippen LogP contribution in [-0.2, 0) is 9.59 Å². The van der Waals surface area contributed by atoms with Gasteiger partial charge in [-0.2, -0.15) is 0 Å². The van der Waals surface area contributed by atoms with Crippen LogP contribution in [0.25, 0.3) is 0 Å². The van der Waals surface area contributed by atoms with Crippen LogP contribution in [-0.4, -0.2) is 30.3 Å². The van der Waals surface area contributed by atoms with Gasteiger partial charge in [-0.05, 0) is 0 Å². The fraction of sp³-hybridized carbons (Fsp3) is 0.429. The Hall–Kier alpha value is -1.32. The van der Waals surface area contributed by atoms with E-state index in [9.17, 15) is 9.59 Å². The van der Waals surface area contributed by atoms with Gasteiger partial charge in [0.15, 0.2) is 0 Å². The third-order valence-corrected chi connectivity index (χ3v) is 2.14. The lowest BCUT2D eigenvalue weighted by atomic mass is 10.1. The highest BCUT2D eigenvalue weighted by Crippen LogP contribution is 2.26. The van der Waals surface area contributed by atoms with E-state index in [0.717, 1.165) is 0 Å². The van der Waals surface area contributed by atoms with Crippen LogP contribution in [0.5, 0.6) is 0 Å². The molecule has 58 valence electrons. The highest BCUT2D eigenvalue weighted by molar-refractivity contribution is 6.15. The van der Waals surface area contributed by atoms with Gasteiger partial charge in [0, 0.05) is 25.4 Å². The van der Waals surface area contributed by atoms with E-state index in [1.807, 2.05) is 0 Å². The average molecular weight is 152 g/mol. The Morgan fingerprint density at radius 1 is 1.64 bits per heavy atom. The number of carbonyl (C=O) groups is 2. The number of amides is 2. The molecule has 2 amide bonds. The van der Waals surface area contributed by atoms with Crippen LogP contribution in [0.3, 0.4) is 0 Å². The number of imide groups is 1. The zero-order valence-corrected chi connectivity index (χ0v) is 6.13. The normalized spacial score (nSPS) is 28.6. The van der Waals surface area contributed by atoms with Crippen LogP contribution in [0.4, 0.5) is 0 Å². The van der Waals surface area contributed by atoms with Crippen molar-refractivity contribution >= 4 is 11.8 Å². The van der Waals surface area contributed by atoms with Crippen molar-refractivity contribution in [2.45, 2.75) is 0 Å². The molecule has 1 fully saturated rings. The van der Waals surface area contributed by atoms with E-state index < -0.39 is 0 Å². The molecule has 4 nitrogen and oxygen atoms in total. The minimum atomic E-state index is -0.215. The number of carbonyl (C=O) groups excluding carboxylic acids is 2. The molecule has 2 heterocycles. The number of fused-ring (bicyclic) bond motifs is 1. The summed E-state index contributed by atoms with van der Waals surface area (Å²) in [5.41, 5.74) is 0.609. The van der Waals surface area contributed by atoms with Crippen molar-refractivity contribution in [1.29, 1.82) is 0 Å². The van der Waals surface area contributed by atoms with Gasteiger partial charge in [0.1, 0.15) is 0 Å². The summed E-state index contributed by atoms with van der Waals surface area (Å²) in [5, 5.41) is 2.88. The van der Waals surface area contributed by atoms with Crippen molar-refractivity contribution in [2.75, 3.05) is 13.6 Å². The first-order valence-electron chi connectivity index (χ1n) is 3.47. The molecule has 0 spiro atoms. The van der Waals surface area contributed by atoms with Gasteiger partial charge in [0.05, 0.1) is 5.92 Å². The van der Waals surface area contributed by atoms with E-state index >= 15 is 0 Å². The Labute approximate surface area is 63.9 Å². The average Bonchev–Trinajstić information content (AvgIpc) is 2.53. The Bertz CT molecular complexity index is 270. The molecular formula is C7H8N2O2. The topological polar surface area (TPSA) is 49.4 Å². The lowest BCUT2D eigenvalue weighted by molar-refractivity contribution is -0.137. The van der Waals surface area contributed by atoms with Crippen molar-refractivity contribution in [2.24, 2.45) is 5.92 Å². The molecule has 2 aliphatic heterocycles. The second-order valence-electron chi connectivity index (χ2n) is 2.76. The molecule has 0 aromatic heterocycles. The van der Waals surface area contributed by atoms with E-state index in [0.29, 0.717) is 12.1 Å². The molecule has 1 N–H and O–H groups in total. The lowest BCUT2D eigenvalue weighted by Gasteiger charge is -2.05. The predicted octanol–water partition coefficient (Wildman–Crippen LogP) is -0.912. The van der Waals surface area contributed by atoms with Crippen LogP contribution >= 0.6 is 0 Å². The van der Waals surface area contributed by atoms with Gasteiger partial charge in [0.2, 0.25) is 5.91 Å². The van der Waals surface area contributed by atoms with Gasteiger partial charge in [-0.3, -0.25) is 14.5 Å². The maximum atomic E-state index is 11.2. The van der Waals surface area contributed by atoms with Crippen LogP contribution in [0.15, 0.2) is 11.8 Å². The molecule has 2 aliphatic rings. The highest BCUT2D eigenvalue weighted by Gasteiger charge is 2.42.